The van der Waals surface area contributed by atoms with Crippen molar-refractivity contribution in [2.75, 3.05) is 23.3 Å². The average Bonchev–Trinajstić information content (AvgIpc) is 3.57. The summed E-state index contributed by atoms with van der Waals surface area (Å²) >= 11 is 0. The molecule has 252 valence electrons. The van der Waals surface area contributed by atoms with Crippen molar-refractivity contribution in [1.82, 2.24) is 14.9 Å². The summed E-state index contributed by atoms with van der Waals surface area (Å²) in [4.78, 5) is 24.3. The largest absolute Gasteiger partial charge is 1.00 e. The maximum absolute atomic E-state index is 12.9. The molecule has 0 saturated carbocycles. The smallest absolute Gasteiger partial charge is 0.744 e. The van der Waals surface area contributed by atoms with Crippen molar-refractivity contribution in [3.8, 4) is 11.4 Å². The molecule has 5 rings (SSSR count). The number of benzene rings is 3. The van der Waals surface area contributed by atoms with E-state index < -0.39 is 41.5 Å². The molecular formula is C32H33N7Na2O7S2. The van der Waals surface area contributed by atoms with Crippen molar-refractivity contribution in [3.05, 3.63) is 77.6 Å². The summed E-state index contributed by atoms with van der Waals surface area (Å²) < 4.78 is 69.0. The van der Waals surface area contributed by atoms with E-state index in [9.17, 15) is 30.7 Å². The standard InChI is InChI=1S/C32H35N7O7S2.2Na/c1-7-38(8-2)23-13-14-26(19(3)15-23)34-27-28(32(4,5)6)36-39-30(27)35-29(37-39)20-9-11-22(12-10-20)33-31(40)21-16-24(47(41,42)43)18-25(17-21)48(44,45)46;;/h9-18H,7-8H2,1-6H3,(H,33,40)(H,41,42,43)(H,44,45,46);;/q;2*+1/p-2. The third-order valence-electron chi connectivity index (χ3n) is 7.59. The summed E-state index contributed by atoms with van der Waals surface area (Å²) in [5.41, 5.74) is 4.21. The van der Waals surface area contributed by atoms with Gasteiger partial charge < -0.3 is 19.3 Å². The van der Waals surface area contributed by atoms with Gasteiger partial charge in [0.05, 0.1) is 21.2 Å². The monoisotopic (exact) mass is 737 g/mol. The Balaban J connectivity index is 0.00000338. The Morgan fingerprint density at radius 3 is 1.98 bits per heavy atom. The molecule has 0 unspecified atom stereocenters. The zero-order valence-corrected chi connectivity index (χ0v) is 34.7. The number of aromatic nitrogens is 3. The molecule has 0 fully saturated rings. The number of carbonyl (C=O) groups excluding carboxylic acids is 1. The fourth-order valence-corrected chi connectivity index (χ4v) is 6.23. The molecule has 2 heterocycles. The van der Waals surface area contributed by atoms with Crippen LogP contribution in [0.2, 0.25) is 0 Å². The van der Waals surface area contributed by atoms with Crippen LogP contribution in [0, 0.1) is 12.3 Å². The molecule has 1 aromatic heterocycles. The number of fused-ring (bicyclic) bond motifs is 1. The summed E-state index contributed by atoms with van der Waals surface area (Å²) in [7, 11) is -10.3. The van der Waals surface area contributed by atoms with Crippen LogP contribution in [0.15, 0.2) is 80.5 Å². The summed E-state index contributed by atoms with van der Waals surface area (Å²) in [6.07, 6.45) is 0. The number of amides is 1. The van der Waals surface area contributed by atoms with Crippen LogP contribution < -0.4 is 69.3 Å². The van der Waals surface area contributed by atoms with Crippen molar-refractivity contribution < 1.29 is 89.9 Å². The molecule has 0 saturated heterocycles. The van der Waals surface area contributed by atoms with Crippen LogP contribution in [0.4, 0.5) is 17.1 Å². The van der Waals surface area contributed by atoms with Gasteiger partial charge in [-0.25, -0.2) is 26.8 Å². The van der Waals surface area contributed by atoms with Gasteiger partial charge in [0.25, 0.3) is 5.91 Å². The topological polar surface area (TPSA) is 202 Å². The second-order valence-corrected chi connectivity index (χ2v) is 14.8. The van der Waals surface area contributed by atoms with Gasteiger partial charge in [-0.3, -0.25) is 4.79 Å². The molecule has 1 amide bonds. The Morgan fingerprint density at radius 2 is 1.48 bits per heavy atom. The first-order valence-electron chi connectivity index (χ1n) is 14.9. The van der Waals surface area contributed by atoms with E-state index in [4.69, 9.17) is 15.1 Å². The molecule has 0 spiro atoms. The number of anilines is 2. The van der Waals surface area contributed by atoms with Gasteiger partial charge in [0.2, 0.25) is 5.82 Å². The van der Waals surface area contributed by atoms with Crippen LogP contribution in [0.5, 0.6) is 0 Å². The second kappa shape index (κ2) is 15.9. The minimum Gasteiger partial charge on any atom is -0.744 e. The Morgan fingerprint density at radius 1 is 0.900 bits per heavy atom. The van der Waals surface area contributed by atoms with Crippen molar-refractivity contribution in [2.24, 2.45) is 15.5 Å². The molecule has 0 bridgehead atoms. The molecule has 1 N–H and O–H groups in total. The fraction of sp³-hybridized carbons (Fsp3) is 0.281. The minimum absolute atomic E-state index is 0. The Bertz CT molecular complexity index is 2160. The van der Waals surface area contributed by atoms with Crippen molar-refractivity contribution in [2.45, 2.75) is 51.3 Å². The molecule has 1 aliphatic heterocycles. The van der Waals surface area contributed by atoms with Crippen LogP contribution in [0.3, 0.4) is 0 Å². The van der Waals surface area contributed by atoms with E-state index in [-0.39, 0.29) is 70.2 Å². The summed E-state index contributed by atoms with van der Waals surface area (Å²) in [5.74, 6) is -0.126. The average molecular weight is 738 g/mol. The summed E-state index contributed by atoms with van der Waals surface area (Å²) in [6, 6.07) is 14.3. The molecule has 3 aromatic carbocycles. The van der Waals surface area contributed by atoms with Gasteiger partial charge in [0.1, 0.15) is 25.9 Å². The number of rotatable bonds is 9. The fourth-order valence-electron chi connectivity index (χ4n) is 5.07. The summed E-state index contributed by atoms with van der Waals surface area (Å²) in [5, 5.41) is 11.8. The van der Waals surface area contributed by atoms with Gasteiger partial charge >= 0.3 is 59.1 Å². The predicted molar refractivity (Wildman–Crippen MR) is 179 cm³/mol. The molecular weight excluding hydrogens is 705 g/mol. The van der Waals surface area contributed by atoms with E-state index in [0.29, 0.717) is 41.1 Å². The van der Waals surface area contributed by atoms with Gasteiger partial charge in [-0.05, 0) is 87.0 Å². The van der Waals surface area contributed by atoms with E-state index in [0.717, 1.165) is 35.7 Å². The van der Waals surface area contributed by atoms with E-state index in [1.165, 1.54) is 16.9 Å². The normalized spacial score (nSPS) is 13.6. The number of carbonyl (C=O) groups is 1. The van der Waals surface area contributed by atoms with Crippen molar-refractivity contribution in [3.63, 3.8) is 0 Å². The molecule has 1 aliphatic rings. The Kier molecular flexibility index (Phi) is 13.2. The van der Waals surface area contributed by atoms with Crippen LogP contribution in [-0.4, -0.2) is 71.2 Å². The predicted octanol–water partition coefficient (Wildman–Crippen LogP) is -1.45. The molecule has 4 aromatic rings. The van der Waals surface area contributed by atoms with E-state index in [1.54, 1.807) is 12.1 Å². The molecule has 14 nitrogen and oxygen atoms in total. The van der Waals surface area contributed by atoms with Gasteiger partial charge in [0.15, 0.2) is 5.82 Å². The second-order valence-electron chi connectivity index (χ2n) is 12.1. The Hall–Kier alpha value is -2.77. The van der Waals surface area contributed by atoms with Crippen molar-refractivity contribution in [1.29, 1.82) is 0 Å². The first kappa shape index (κ1) is 41.6. The molecule has 50 heavy (non-hydrogen) atoms. The quantitative estimate of drug-likeness (QED) is 0.157. The Labute approximate surface area is 335 Å². The molecule has 0 radical (unpaired) electrons. The van der Waals surface area contributed by atoms with E-state index in [2.05, 4.69) is 35.2 Å². The van der Waals surface area contributed by atoms with Crippen LogP contribution in [-0.2, 0) is 20.2 Å². The number of hydrogen-bond acceptors (Lipinski definition) is 12. The van der Waals surface area contributed by atoms with Gasteiger partial charge in [-0.2, -0.15) is 5.10 Å². The SMILES string of the molecule is CCN(CC)c1ccc(N=C2C(C(C)(C)C)=Nn3nc(-c4ccc(NC(=O)c5cc(S(=O)(=O)[O-])cc(S(=O)(=O)[O-])c5)cc4)nc32)c(C)c1.[Na+].[Na+]. The van der Waals surface area contributed by atoms with Crippen molar-refractivity contribution >= 4 is 54.6 Å². The third kappa shape index (κ3) is 9.17. The van der Waals surface area contributed by atoms with Gasteiger partial charge in [-0.15, -0.1) is 9.89 Å². The first-order chi connectivity index (χ1) is 22.4. The molecule has 0 aliphatic carbocycles. The number of nitrogens with zero attached hydrogens (tertiary/aromatic N) is 6. The maximum atomic E-state index is 12.9. The first-order valence-corrected chi connectivity index (χ1v) is 17.7. The van der Waals surface area contributed by atoms with Crippen LogP contribution in [0.1, 0.15) is 56.4 Å². The number of aliphatic imine (C=N–C) groups is 1. The number of hydrogen-bond donors (Lipinski definition) is 1. The maximum Gasteiger partial charge on any atom is 1.00 e. The zero-order valence-electron chi connectivity index (χ0n) is 29.0. The number of aryl methyl sites for hydroxylation is 1. The summed E-state index contributed by atoms with van der Waals surface area (Å²) in [6.45, 7) is 14.1. The molecule has 18 heteroatoms. The molecule has 0 atom stereocenters. The van der Waals surface area contributed by atoms with Crippen LogP contribution in [0.25, 0.3) is 11.4 Å². The van der Waals surface area contributed by atoms with Crippen LogP contribution >= 0.6 is 0 Å². The number of nitrogens with one attached hydrogen (secondary N) is 1. The van der Waals surface area contributed by atoms with Gasteiger partial charge in [-0.1, -0.05) is 20.8 Å². The zero-order chi connectivity index (χ0) is 35.2. The minimum atomic E-state index is -5.16. The van der Waals surface area contributed by atoms with Gasteiger partial charge in [0, 0.05) is 41.0 Å². The third-order valence-corrected chi connectivity index (χ3v) is 9.22. The van der Waals surface area contributed by atoms with E-state index >= 15 is 0 Å². The van der Waals surface area contributed by atoms with E-state index in [1.807, 2.05) is 39.8 Å².